The van der Waals surface area contributed by atoms with Crippen LogP contribution in [-0.4, -0.2) is 12.1 Å². The van der Waals surface area contributed by atoms with E-state index in [-0.39, 0.29) is 0 Å². The van der Waals surface area contributed by atoms with Crippen LogP contribution in [0, 0.1) is 0 Å². The summed E-state index contributed by atoms with van der Waals surface area (Å²) >= 11 is 0. The molecular formula is C14H11NO2. The summed E-state index contributed by atoms with van der Waals surface area (Å²) < 4.78 is 11.1. The number of methoxy groups -OCH3 is 1. The smallest absolute Gasteiger partial charge is 0.176 e. The Morgan fingerprint density at radius 1 is 1.12 bits per heavy atom. The number of ether oxygens (including phenoxy) is 1. The summed E-state index contributed by atoms with van der Waals surface area (Å²) in [6.45, 7) is 0. The second kappa shape index (κ2) is 3.94. The topological polar surface area (TPSA) is 35.3 Å². The standard InChI is InChI=1S/C14H11NO2/c1-16-12-4-2-3-11-9-13(17-14(11)12)10-5-7-15-8-6-10/h2-9H,1H3. The first-order chi connectivity index (χ1) is 8.38. The predicted molar refractivity (Wildman–Crippen MR) is 66.0 cm³/mol. The van der Waals surface area contributed by atoms with Crippen LogP contribution in [0.5, 0.6) is 5.75 Å². The van der Waals surface area contributed by atoms with Crippen LogP contribution in [0.25, 0.3) is 22.3 Å². The fourth-order valence-electron chi connectivity index (χ4n) is 1.86. The molecule has 3 aromatic rings. The van der Waals surface area contributed by atoms with Gasteiger partial charge >= 0.3 is 0 Å². The van der Waals surface area contributed by atoms with E-state index in [0.29, 0.717) is 0 Å². The van der Waals surface area contributed by atoms with Gasteiger partial charge in [0.05, 0.1) is 7.11 Å². The third kappa shape index (κ3) is 1.65. The second-order valence-electron chi connectivity index (χ2n) is 3.73. The molecule has 0 radical (unpaired) electrons. The van der Waals surface area contributed by atoms with Gasteiger partial charge in [0.25, 0.3) is 0 Å². The fraction of sp³-hybridized carbons (Fsp3) is 0.0714. The number of furan rings is 1. The number of aromatic nitrogens is 1. The summed E-state index contributed by atoms with van der Waals surface area (Å²) in [6, 6.07) is 11.7. The van der Waals surface area contributed by atoms with Gasteiger partial charge in [0.15, 0.2) is 11.3 Å². The lowest BCUT2D eigenvalue weighted by Crippen LogP contribution is -1.81. The van der Waals surface area contributed by atoms with E-state index < -0.39 is 0 Å². The molecule has 0 aliphatic rings. The first-order valence-electron chi connectivity index (χ1n) is 5.35. The van der Waals surface area contributed by atoms with E-state index in [0.717, 1.165) is 28.0 Å². The zero-order chi connectivity index (χ0) is 11.7. The van der Waals surface area contributed by atoms with Gasteiger partial charge in [0, 0.05) is 23.3 Å². The molecule has 0 N–H and O–H groups in total. The highest BCUT2D eigenvalue weighted by Gasteiger charge is 2.09. The normalized spacial score (nSPS) is 10.6. The Labute approximate surface area is 98.7 Å². The van der Waals surface area contributed by atoms with Crippen molar-refractivity contribution in [2.45, 2.75) is 0 Å². The Balaban J connectivity index is 2.20. The van der Waals surface area contributed by atoms with Gasteiger partial charge < -0.3 is 9.15 Å². The Hall–Kier alpha value is -2.29. The summed E-state index contributed by atoms with van der Waals surface area (Å²) in [4.78, 5) is 3.99. The highest BCUT2D eigenvalue weighted by atomic mass is 16.5. The molecule has 84 valence electrons. The molecular weight excluding hydrogens is 214 g/mol. The highest BCUT2D eigenvalue weighted by Crippen LogP contribution is 2.32. The van der Waals surface area contributed by atoms with Gasteiger partial charge in [-0.1, -0.05) is 12.1 Å². The molecule has 0 fully saturated rings. The number of fused-ring (bicyclic) bond motifs is 1. The summed E-state index contributed by atoms with van der Waals surface area (Å²) in [5.74, 6) is 1.58. The average Bonchev–Trinajstić information content (AvgIpc) is 2.83. The van der Waals surface area contributed by atoms with Crippen molar-refractivity contribution in [1.82, 2.24) is 4.98 Å². The summed E-state index contributed by atoms with van der Waals surface area (Å²) in [6.07, 6.45) is 3.50. The molecule has 0 amide bonds. The molecule has 0 saturated carbocycles. The lowest BCUT2D eigenvalue weighted by Gasteiger charge is -1.98. The molecule has 3 rings (SSSR count). The maximum Gasteiger partial charge on any atom is 0.176 e. The van der Waals surface area contributed by atoms with Crippen LogP contribution >= 0.6 is 0 Å². The van der Waals surface area contributed by atoms with Crippen LogP contribution in [0.15, 0.2) is 53.2 Å². The van der Waals surface area contributed by atoms with Crippen molar-refractivity contribution in [2.24, 2.45) is 0 Å². The molecule has 0 aliphatic carbocycles. The van der Waals surface area contributed by atoms with Crippen molar-refractivity contribution in [3.8, 4) is 17.1 Å². The molecule has 3 heteroatoms. The largest absolute Gasteiger partial charge is 0.493 e. The van der Waals surface area contributed by atoms with Crippen molar-refractivity contribution < 1.29 is 9.15 Å². The average molecular weight is 225 g/mol. The second-order valence-corrected chi connectivity index (χ2v) is 3.73. The molecule has 2 heterocycles. The van der Waals surface area contributed by atoms with Crippen LogP contribution in [0.3, 0.4) is 0 Å². The van der Waals surface area contributed by atoms with Gasteiger partial charge in [-0.25, -0.2) is 0 Å². The van der Waals surface area contributed by atoms with Crippen LogP contribution in [-0.2, 0) is 0 Å². The Bertz CT molecular complexity index is 644. The quantitative estimate of drug-likeness (QED) is 0.669. The number of hydrogen-bond acceptors (Lipinski definition) is 3. The lowest BCUT2D eigenvalue weighted by molar-refractivity contribution is 0.411. The maximum atomic E-state index is 5.82. The molecule has 0 aliphatic heterocycles. The van der Waals surface area contributed by atoms with E-state index in [1.165, 1.54) is 0 Å². The number of rotatable bonds is 2. The third-order valence-electron chi connectivity index (χ3n) is 2.69. The van der Waals surface area contributed by atoms with Gasteiger partial charge in [-0.3, -0.25) is 4.98 Å². The Morgan fingerprint density at radius 3 is 2.71 bits per heavy atom. The predicted octanol–water partition coefficient (Wildman–Crippen LogP) is 3.50. The zero-order valence-electron chi connectivity index (χ0n) is 9.38. The third-order valence-corrected chi connectivity index (χ3v) is 2.69. The van der Waals surface area contributed by atoms with Crippen LogP contribution in [0.4, 0.5) is 0 Å². The summed E-state index contributed by atoms with van der Waals surface area (Å²) in [5.41, 5.74) is 1.79. The summed E-state index contributed by atoms with van der Waals surface area (Å²) in [5, 5.41) is 1.04. The fourth-order valence-corrected chi connectivity index (χ4v) is 1.86. The minimum atomic E-state index is 0.753. The Morgan fingerprint density at radius 2 is 1.94 bits per heavy atom. The Kier molecular flexibility index (Phi) is 2.29. The van der Waals surface area contributed by atoms with Crippen molar-refractivity contribution >= 4 is 11.0 Å². The first-order valence-corrected chi connectivity index (χ1v) is 5.35. The molecule has 3 nitrogen and oxygen atoms in total. The summed E-state index contributed by atoms with van der Waals surface area (Å²) in [7, 11) is 1.64. The monoisotopic (exact) mass is 225 g/mol. The van der Waals surface area contributed by atoms with E-state index in [1.807, 2.05) is 36.4 Å². The van der Waals surface area contributed by atoms with Gasteiger partial charge in [-0.15, -0.1) is 0 Å². The number of para-hydroxylation sites is 1. The number of nitrogens with zero attached hydrogens (tertiary/aromatic N) is 1. The van der Waals surface area contributed by atoms with Gasteiger partial charge in [0.2, 0.25) is 0 Å². The number of benzene rings is 1. The molecule has 0 unspecified atom stereocenters. The molecule has 0 atom stereocenters. The molecule has 1 aromatic carbocycles. The van der Waals surface area contributed by atoms with E-state index in [1.54, 1.807) is 19.5 Å². The van der Waals surface area contributed by atoms with Crippen LogP contribution < -0.4 is 4.74 Å². The van der Waals surface area contributed by atoms with E-state index in [9.17, 15) is 0 Å². The van der Waals surface area contributed by atoms with Crippen molar-refractivity contribution in [3.63, 3.8) is 0 Å². The maximum absolute atomic E-state index is 5.82. The van der Waals surface area contributed by atoms with Crippen molar-refractivity contribution in [3.05, 3.63) is 48.8 Å². The van der Waals surface area contributed by atoms with Crippen molar-refractivity contribution in [1.29, 1.82) is 0 Å². The first kappa shape index (κ1) is 9.90. The molecule has 0 spiro atoms. The highest BCUT2D eigenvalue weighted by molar-refractivity contribution is 5.87. The van der Waals surface area contributed by atoms with Crippen LogP contribution in [0.1, 0.15) is 0 Å². The SMILES string of the molecule is COc1cccc2cc(-c3ccncc3)oc12. The van der Waals surface area contributed by atoms with Crippen molar-refractivity contribution in [2.75, 3.05) is 7.11 Å². The zero-order valence-corrected chi connectivity index (χ0v) is 9.38. The lowest BCUT2D eigenvalue weighted by atomic mass is 10.2. The van der Waals surface area contributed by atoms with Gasteiger partial charge in [-0.2, -0.15) is 0 Å². The number of pyridine rings is 1. The minimum Gasteiger partial charge on any atom is -0.493 e. The number of hydrogen-bond donors (Lipinski definition) is 0. The molecule has 17 heavy (non-hydrogen) atoms. The van der Waals surface area contributed by atoms with E-state index in [4.69, 9.17) is 9.15 Å². The molecule has 0 bridgehead atoms. The van der Waals surface area contributed by atoms with E-state index >= 15 is 0 Å². The minimum absolute atomic E-state index is 0.753. The molecule has 2 aromatic heterocycles. The van der Waals surface area contributed by atoms with Gasteiger partial charge in [-0.05, 0) is 24.3 Å². The van der Waals surface area contributed by atoms with Gasteiger partial charge in [0.1, 0.15) is 5.76 Å². The van der Waals surface area contributed by atoms with E-state index in [2.05, 4.69) is 4.98 Å². The molecule has 0 saturated heterocycles. The van der Waals surface area contributed by atoms with Crippen LogP contribution in [0.2, 0.25) is 0 Å².